The second-order valence-corrected chi connectivity index (χ2v) is 11.1. The molecule has 1 saturated heterocycles. The molecule has 0 N–H and O–H groups in total. The van der Waals surface area contributed by atoms with E-state index in [-0.39, 0.29) is 0 Å². The van der Waals surface area contributed by atoms with Gasteiger partial charge in [0.25, 0.3) is 0 Å². The summed E-state index contributed by atoms with van der Waals surface area (Å²) in [6.07, 6.45) is 1.07. The minimum absolute atomic E-state index is 0.447. The normalized spacial score (nSPS) is 15.9. The zero-order valence-electron chi connectivity index (χ0n) is 23.0. The number of nitrogens with zero attached hydrogens (tertiary/aromatic N) is 4. The Morgan fingerprint density at radius 1 is 1.11 bits per heavy atom. The molecular weight excluding hydrogens is 472 g/mol. The molecule has 2 heterocycles. The van der Waals surface area contributed by atoms with Crippen LogP contribution in [0.3, 0.4) is 0 Å². The number of likely N-dealkylation sites (N-methyl/N-ethyl adjacent to an activating group) is 1. The van der Waals surface area contributed by atoms with Crippen LogP contribution < -0.4 is 4.90 Å². The van der Waals surface area contributed by atoms with Crippen molar-refractivity contribution in [2.24, 2.45) is 0 Å². The maximum absolute atomic E-state index is 10.3. The average molecular weight is 509 g/mol. The summed E-state index contributed by atoms with van der Waals surface area (Å²) in [4.78, 5) is 9.66. The van der Waals surface area contributed by atoms with Crippen LogP contribution in [0.5, 0.6) is 0 Å². The highest BCUT2D eigenvalue weighted by molar-refractivity contribution is 6.02. The molecule has 1 atom stereocenters. The number of ether oxygens (including phenoxy) is 1. The van der Waals surface area contributed by atoms with Gasteiger partial charge in [0.15, 0.2) is 5.58 Å². The van der Waals surface area contributed by atoms with E-state index < -0.39 is 5.41 Å². The molecule has 0 amide bonds. The van der Waals surface area contributed by atoms with Crippen LogP contribution in [-0.4, -0.2) is 49.7 Å². The Hall–Kier alpha value is -3.66. The van der Waals surface area contributed by atoms with Crippen molar-refractivity contribution >= 4 is 16.8 Å². The number of benzene rings is 3. The summed E-state index contributed by atoms with van der Waals surface area (Å²) in [5.74, 6) is 0.589. The average Bonchev–Trinajstić information content (AvgIpc) is 3.58. The first-order valence-electron chi connectivity index (χ1n) is 13.3. The number of oxazole rings is 1. The Balaban J connectivity index is 1.61. The lowest BCUT2D eigenvalue weighted by atomic mass is 9.93. The molecule has 0 saturated carbocycles. The highest BCUT2D eigenvalue weighted by atomic mass is 16.5. The van der Waals surface area contributed by atoms with Crippen molar-refractivity contribution in [2.45, 2.75) is 45.3 Å². The van der Waals surface area contributed by atoms with Crippen molar-refractivity contribution in [3.05, 3.63) is 83.2 Å². The van der Waals surface area contributed by atoms with Crippen LogP contribution in [0.25, 0.3) is 22.2 Å². The van der Waals surface area contributed by atoms with Crippen LogP contribution in [0.4, 0.5) is 5.69 Å². The SMILES string of the molecule is Cc1c(-c2ccccc2)c(N2CC[C@H](N(C)C)C2)c2oc(C(C)(C)COCc3ccccc3)nc2c1C#N. The molecule has 0 unspecified atom stereocenters. The van der Waals surface area contributed by atoms with Crippen molar-refractivity contribution < 1.29 is 9.15 Å². The summed E-state index contributed by atoms with van der Waals surface area (Å²) >= 11 is 0. The van der Waals surface area contributed by atoms with E-state index in [1.54, 1.807) is 0 Å². The van der Waals surface area contributed by atoms with E-state index in [1.165, 1.54) is 0 Å². The van der Waals surface area contributed by atoms with E-state index in [0.29, 0.717) is 41.8 Å². The van der Waals surface area contributed by atoms with Crippen LogP contribution in [0.15, 0.2) is 65.1 Å². The smallest absolute Gasteiger partial charge is 0.203 e. The third-order valence-corrected chi connectivity index (χ3v) is 7.60. The second-order valence-electron chi connectivity index (χ2n) is 11.1. The van der Waals surface area contributed by atoms with Gasteiger partial charge >= 0.3 is 0 Å². The molecule has 6 nitrogen and oxygen atoms in total. The zero-order chi connectivity index (χ0) is 26.9. The van der Waals surface area contributed by atoms with Gasteiger partial charge in [0.2, 0.25) is 5.89 Å². The molecule has 5 rings (SSSR count). The minimum Gasteiger partial charge on any atom is -0.438 e. The van der Waals surface area contributed by atoms with E-state index in [2.05, 4.69) is 68.1 Å². The molecule has 1 aliphatic rings. The summed E-state index contributed by atoms with van der Waals surface area (Å²) < 4.78 is 12.7. The van der Waals surface area contributed by atoms with E-state index in [0.717, 1.165) is 47.5 Å². The molecule has 0 radical (unpaired) electrons. The summed E-state index contributed by atoms with van der Waals surface area (Å²) in [7, 11) is 4.27. The zero-order valence-corrected chi connectivity index (χ0v) is 23.0. The minimum atomic E-state index is -0.476. The van der Waals surface area contributed by atoms with Crippen LogP contribution in [0, 0.1) is 18.3 Å². The number of rotatable bonds is 8. The van der Waals surface area contributed by atoms with Crippen molar-refractivity contribution in [1.82, 2.24) is 9.88 Å². The van der Waals surface area contributed by atoms with E-state index in [1.807, 2.05) is 43.3 Å². The third kappa shape index (κ3) is 4.92. The Morgan fingerprint density at radius 3 is 2.42 bits per heavy atom. The van der Waals surface area contributed by atoms with Crippen molar-refractivity contribution in [1.29, 1.82) is 5.26 Å². The van der Waals surface area contributed by atoms with Crippen LogP contribution in [-0.2, 0) is 16.8 Å². The molecule has 0 bridgehead atoms. The summed E-state index contributed by atoms with van der Waals surface area (Å²) in [5.41, 5.74) is 6.65. The maximum Gasteiger partial charge on any atom is 0.203 e. The molecule has 1 aromatic heterocycles. The molecule has 4 aromatic rings. The molecule has 38 heavy (non-hydrogen) atoms. The van der Waals surface area contributed by atoms with Crippen LogP contribution in [0.1, 0.15) is 42.8 Å². The van der Waals surface area contributed by atoms with Gasteiger partial charge in [0.05, 0.1) is 29.9 Å². The fourth-order valence-electron chi connectivity index (χ4n) is 5.36. The Bertz CT molecular complexity index is 1450. The fourth-order valence-corrected chi connectivity index (χ4v) is 5.36. The topological polar surface area (TPSA) is 65.5 Å². The quantitative estimate of drug-likeness (QED) is 0.278. The second kappa shape index (κ2) is 10.6. The Kier molecular flexibility index (Phi) is 7.25. The highest BCUT2D eigenvalue weighted by Gasteiger charge is 2.34. The molecule has 196 valence electrons. The van der Waals surface area contributed by atoms with Gasteiger partial charge in [-0.15, -0.1) is 0 Å². The van der Waals surface area contributed by atoms with Crippen molar-refractivity contribution in [3.8, 4) is 17.2 Å². The van der Waals surface area contributed by atoms with E-state index in [9.17, 15) is 5.26 Å². The van der Waals surface area contributed by atoms with E-state index in [4.69, 9.17) is 14.1 Å². The largest absolute Gasteiger partial charge is 0.438 e. The van der Waals surface area contributed by atoms with Gasteiger partial charge in [0, 0.05) is 24.7 Å². The lowest BCUT2D eigenvalue weighted by Crippen LogP contribution is -2.31. The summed E-state index contributed by atoms with van der Waals surface area (Å²) in [6, 6.07) is 23.4. The fraction of sp³-hybridized carbons (Fsp3) is 0.375. The number of nitriles is 1. The number of aromatic nitrogens is 1. The summed E-state index contributed by atoms with van der Waals surface area (Å²) in [5, 5.41) is 10.3. The first-order valence-corrected chi connectivity index (χ1v) is 13.3. The van der Waals surface area contributed by atoms with Gasteiger partial charge in [-0.2, -0.15) is 5.26 Å². The number of fused-ring (bicyclic) bond motifs is 1. The first kappa shape index (κ1) is 26.0. The number of hydrogen-bond acceptors (Lipinski definition) is 6. The molecule has 0 spiro atoms. The van der Waals surface area contributed by atoms with E-state index >= 15 is 0 Å². The van der Waals surface area contributed by atoms with Gasteiger partial charge < -0.3 is 19.0 Å². The van der Waals surface area contributed by atoms with Gasteiger partial charge in [0.1, 0.15) is 11.6 Å². The van der Waals surface area contributed by atoms with Crippen LogP contribution >= 0.6 is 0 Å². The predicted molar refractivity (Wildman–Crippen MR) is 152 cm³/mol. The molecule has 3 aromatic carbocycles. The standard InChI is InChI=1S/C32H36N4O2/c1-22-26(18-33)28-30(38-31(34-28)32(2,3)21-37-20-23-12-8-6-9-13-23)29(27(22)24-14-10-7-11-15-24)36-17-16-25(19-36)35(4)5/h6-15,25H,16-17,19-21H2,1-5H3/t25-/m0/s1. The molecule has 1 fully saturated rings. The molecule has 6 heteroatoms. The third-order valence-electron chi connectivity index (χ3n) is 7.60. The lowest BCUT2D eigenvalue weighted by molar-refractivity contribution is 0.0736. The monoisotopic (exact) mass is 508 g/mol. The Morgan fingerprint density at radius 2 is 1.79 bits per heavy atom. The number of anilines is 1. The molecular formula is C32H36N4O2. The predicted octanol–water partition coefficient (Wildman–Crippen LogP) is 6.31. The highest BCUT2D eigenvalue weighted by Crippen LogP contribution is 2.45. The van der Waals surface area contributed by atoms with Crippen molar-refractivity contribution in [2.75, 3.05) is 38.7 Å². The lowest BCUT2D eigenvalue weighted by Gasteiger charge is -2.26. The summed E-state index contributed by atoms with van der Waals surface area (Å²) in [6.45, 7) is 8.98. The first-order chi connectivity index (χ1) is 18.3. The maximum atomic E-state index is 10.3. The van der Waals surface area contributed by atoms with Crippen LogP contribution in [0.2, 0.25) is 0 Å². The molecule has 0 aliphatic carbocycles. The van der Waals surface area contributed by atoms with Gasteiger partial charge in [-0.1, -0.05) is 60.7 Å². The number of hydrogen-bond donors (Lipinski definition) is 0. The van der Waals surface area contributed by atoms with Gasteiger partial charge in [-0.05, 0) is 58.0 Å². The van der Waals surface area contributed by atoms with Crippen molar-refractivity contribution in [3.63, 3.8) is 0 Å². The van der Waals surface area contributed by atoms with Gasteiger partial charge in [-0.3, -0.25) is 0 Å². The Labute approximate surface area is 225 Å². The molecule has 1 aliphatic heterocycles. The van der Waals surface area contributed by atoms with Gasteiger partial charge in [-0.25, -0.2) is 4.98 Å².